The largest absolute Gasteiger partial charge is 0.391 e. The van der Waals surface area contributed by atoms with Crippen LogP contribution in [-0.4, -0.2) is 44.5 Å². The quantitative estimate of drug-likeness (QED) is 0.785. The third-order valence-corrected chi connectivity index (χ3v) is 4.43. The molecule has 1 heterocycles. The number of aliphatic hydroxyl groups is 1. The summed E-state index contributed by atoms with van der Waals surface area (Å²) in [6.07, 6.45) is 6.08. The highest BCUT2D eigenvalue weighted by Crippen LogP contribution is 2.29. The van der Waals surface area contributed by atoms with Crippen LogP contribution in [0.2, 0.25) is 0 Å². The van der Waals surface area contributed by atoms with Gasteiger partial charge in [0, 0.05) is 25.2 Å². The molecule has 19 heavy (non-hydrogen) atoms. The van der Waals surface area contributed by atoms with Gasteiger partial charge in [-0.3, -0.25) is 9.58 Å². The molecule has 4 heteroatoms. The summed E-state index contributed by atoms with van der Waals surface area (Å²) in [5.74, 6) is 0. The SMILES string of the molecule is CCN(CC)C(CC)(CC)C(O)Cc1cnn(C)c1. The summed E-state index contributed by atoms with van der Waals surface area (Å²) in [7, 11) is 1.91. The lowest BCUT2D eigenvalue weighted by molar-refractivity contribution is -0.0340. The Hall–Kier alpha value is -0.870. The van der Waals surface area contributed by atoms with Gasteiger partial charge in [-0.2, -0.15) is 5.10 Å². The third kappa shape index (κ3) is 3.37. The van der Waals surface area contributed by atoms with E-state index in [0.29, 0.717) is 6.42 Å². The highest BCUT2D eigenvalue weighted by Gasteiger charge is 2.38. The molecule has 1 aromatic heterocycles. The molecule has 1 atom stereocenters. The van der Waals surface area contributed by atoms with Gasteiger partial charge < -0.3 is 5.11 Å². The molecule has 0 saturated heterocycles. The number of aliphatic hydroxyl groups excluding tert-OH is 1. The van der Waals surface area contributed by atoms with Crippen LogP contribution in [-0.2, 0) is 13.5 Å². The number of hydrogen-bond donors (Lipinski definition) is 1. The molecule has 0 fully saturated rings. The van der Waals surface area contributed by atoms with Crippen LogP contribution in [0.4, 0.5) is 0 Å². The van der Waals surface area contributed by atoms with Gasteiger partial charge in [0.15, 0.2) is 0 Å². The van der Waals surface area contributed by atoms with Crippen LogP contribution in [0.3, 0.4) is 0 Å². The molecule has 1 rings (SSSR count). The summed E-state index contributed by atoms with van der Waals surface area (Å²) in [5.41, 5.74) is 0.979. The van der Waals surface area contributed by atoms with Crippen molar-refractivity contribution in [1.82, 2.24) is 14.7 Å². The van der Waals surface area contributed by atoms with Crippen molar-refractivity contribution in [3.8, 4) is 0 Å². The second kappa shape index (κ2) is 7.06. The first-order chi connectivity index (χ1) is 9.03. The highest BCUT2D eigenvalue weighted by molar-refractivity contribution is 5.09. The van der Waals surface area contributed by atoms with Crippen LogP contribution in [0.25, 0.3) is 0 Å². The molecule has 0 spiro atoms. The van der Waals surface area contributed by atoms with Crippen molar-refractivity contribution < 1.29 is 5.11 Å². The molecule has 0 saturated carbocycles. The minimum absolute atomic E-state index is 0.126. The van der Waals surface area contributed by atoms with Gasteiger partial charge >= 0.3 is 0 Å². The molecule has 0 radical (unpaired) electrons. The van der Waals surface area contributed by atoms with Gasteiger partial charge in [0.1, 0.15) is 0 Å². The van der Waals surface area contributed by atoms with Crippen molar-refractivity contribution in [3.05, 3.63) is 18.0 Å². The average molecular weight is 267 g/mol. The summed E-state index contributed by atoms with van der Waals surface area (Å²) < 4.78 is 1.79. The number of nitrogens with zero attached hydrogens (tertiary/aromatic N) is 3. The number of aromatic nitrogens is 2. The molecule has 0 aromatic carbocycles. The topological polar surface area (TPSA) is 41.3 Å². The highest BCUT2D eigenvalue weighted by atomic mass is 16.3. The van der Waals surface area contributed by atoms with E-state index in [0.717, 1.165) is 31.5 Å². The molecule has 0 amide bonds. The molecule has 110 valence electrons. The normalized spacial score (nSPS) is 14.1. The van der Waals surface area contributed by atoms with Crippen molar-refractivity contribution in [3.63, 3.8) is 0 Å². The second-order valence-electron chi connectivity index (χ2n) is 5.23. The first-order valence-electron chi connectivity index (χ1n) is 7.44. The first-order valence-corrected chi connectivity index (χ1v) is 7.44. The van der Waals surface area contributed by atoms with E-state index >= 15 is 0 Å². The van der Waals surface area contributed by atoms with E-state index in [4.69, 9.17) is 0 Å². The summed E-state index contributed by atoms with van der Waals surface area (Å²) >= 11 is 0. The minimum Gasteiger partial charge on any atom is -0.391 e. The lowest BCUT2D eigenvalue weighted by atomic mass is 9.82. The van der Waals surface area contributed by atoms with Crippen LogP contribution in [0.5, 0.6) is 0 Å². The van der Waals surface area contributed by atoms with Gasteiger partial charge in [0.25, 0.3) is 0 Å². The molecule has 0 bridgehead atoms. The smallest absolute Gasteiger partial charge is 0.0765 e. The van der Waals surface area contributed by atoms with E-state index in [1.807, 2.05) is 19.4 Å². The fourth-order valence-electron chi connectivity index (χ4n) is 3.22. The number of rotatable bonds is 8. The Morgan fingerprint density at radius 2 is 1.84 bits per heavy atom. The van der Waals surface area contributed by atoms with Crippen molar-refractivity contribution in [2.24, 2.45) is 7.05 Å². The summed E-state index contributed by atoms with van der Waals surface area (Å²) in [4.78, 5) is 2.40. The molecule has 1 unspecified atom stereocenters. The average Bonchev–Trinajstić information content (AvgIpc) is 2.81. The Morgan fingerprint density at radius 3 is 2.21 bits per heavy atom. The van der Waals surface area contributed by atoms with Gasteiger partial charge in [0.05, 0.1) is 12.3 Å². The fourth-order valence-corrected chi connectivity index (χ4v) is 3.22. The molecule has 0 aliphatic heterocycles. The van der Waals surface area contributed by atoms with E-state index in [1.54, 1.807) is 4.68 Å². The fraction of sp³-hybridized carbons (Fsp3) is 0.800. The zero-order valence-electron chi connectivity index (χ0n) is 13.1. The Bertz CT molecular complexity index is 367. The zero-order chi connectivity index (χ0) is 14.5. The van der Waals surface area contributed by atoms with E-state index < -0.39 is 0 Å². The maximum atomic E-state index is 10.8. The van der Waals surface area contributed by atoms with Crippen LogP contribution in [0.1, 0.15) is 46.1 Å². The zero-order valence-corrected chi connectivity index (χ0v) is 13.1. The minimum atomic E-state index is -0.355. The van der Waals surface area contributed by atoms with E-state index in [2.05, 4.69) is 37.7 Å². The van der Waals surface area contributed by atoms with Crippen LogP contribution >= 0.6 is 0 Å². The Morgan fingerprint density at radius 1 is 1.26 bits per heavy atom. The van der Waals surface area contributed by atoms with Crippen LogP contribution in [0, 0.1) is 0 Å². The first kappa shape index (κ1) is 16.2. The Kier molecular flexibility index (Phi) is 6.01. The summed E-state index contributed by atoms with van der Waals surface area (Å²) in [6.45, 7) is 10.6. The predicted molar refractivity (Wildman–Crippen MR) is 79.2 cm³/mol. The summed E-state index contributed by atoms with van der Waals surface area (Å²) in [5, 5.41) is 15.0. The Labute approximate surface area is 117 Å². The third-order valence-electron chi connectivity index (χ3n) is 4.43. The Balaban J connectivity index is 2.91. The monoisotopic (exact) mass is 267 g/mol. The maximum Gasteiger partial charge on any atom is 0.0765 e. The van der Waals surface area contributed by atoms with E-state index in [9.17, 15) is 5.11 Å². The standard InChI is InChI=1S/C15H29N3O/c1-6-15(7-2,18(8-3)9-4)14(19)10-13-11-16-17(5)12-13/h11-12,14,19H,6-10H2,1-5H3. The molecule has 0 aliphatic carbocycles. The van der Waals surface area contributed by atoms with Crippen LogP contribution < -0.4 is 0 Å². The molecule has 4 nitrogen and oxygen atoms in total. The van der Waals surface area contributed by atoms with Gasteiger partial charge in [-0.05, 0) is 31.5 Å². The predicted octanol–water partition coefficient (Wildman–Crippen LogP) is 2.22. The van der Waals surface area contributed by atoms with Crippen molar-refractivity contribution in [2.75, 3.05) is 13.1 Å². The molecule has 0 aliphatic rings. The molecular weight excluding hydrogens is 238 g/mol. The lowest BCUT2D eigenvalue weighted by Gasteiger charge is -2.45. The van der Waals surface area contributed by atoms with Gasteiger partial charge in [-0.25, -0.2) is 0 Å². The van der Waals surface area contributed by atoms with Crippen molar-refractivity contribution in [2.45, 2.75) is 58.6 Å². The molecule has 1 aromatic rings. The van der Waals surface area contributed by atoms with Crippen molar-refractivity contribution >= 4 is 0 Å². The summed E-state index contributed by atoms with van der Waals surface area (Å²) in [6, 6.07) is 0. The molecular formula is C15H29N3O. The van der Waals surface area contributed by atoms with E-state index in [-0.39, 0.29) is 11.6 Å². The van der Waals surface area contributed by atoms with E-state index in [1.165, 1.54) is 0 Å². The second-order valence-corrected chi connectivity index (χ2v) is 5.23. The number of likely N-dealkylation sites (N-methyl/N-ethyl adjacent to an activating group) is 1. The molecule has 1 N–H and O–H groups in total. The number of hydrogen-bond acceptors (Lipinski definition) is 3. The van der Waals surface area contributed by atoms with Gasteiger partial charge in [0.2, 0.25) is 0 Å². The van der Waals surface area contributed by atoms with Gasteiger partial charge in [-0.1, -0.05) is 27.7 Å². The lowest BCUT2D eigenvalue weighted by Crippen LogP contribution is -2.56. The number of aryl methyl sites for hydroxylation is 1. The van der Waals surface area contributed by atoms with Gasteiger partial charge in [-0.15, -0.1) is 0 Å². The van der Waals surface area contributed by atoms with Crippen LogP contribution in [0.15, 0.2) is 12.4 Å². The maximum absolute atomic E-state index is 10.8. The van der Waals surface area contributed by atoms with Crippen molar-refractivity contribution in [1.29, 1.82) is 0 Å².